The minimum absolute atomic E-state index is 0. The van der Waals surface area contributed by atoms with Crippen LogP contribution in [0.3, 0.4) is 0 Å². The van der Waals surface area contributed by atoms with Gasteiger partial charge in [-0.25, -0.2) is 4.79 Å². The molecule has 0 radical (unpaired) electrons. The smallest absolute Gasteiger partial charge is 0.871 e. The van der Waals surface area contributed by atoms with Crippen LogP contribution >= 0.6 is 0 Å². The van der Waals surface area contributed by atoms with E-state index in [1.54, 1.807) is 26.2 Å². The van der Waals surface area contributed by atoms with Gasteiger partial charge in [0.2, 0.25) is 0 Å². The number of nitrogens with zero attached hydrogens (tertiary/aromatic N) is 1. The number of aryl methyl sites for hydroxylation is 2. The van der Waals surface area contributed by atoms with Gasteiger partial charge in [-0.2, -0.15) is 0 Å². The van der Waals surface area contributed by atoms with Gasteiger partial charge in [0.25, 0.3) is 5.56 Å². The number of carboxylic acids is 1. The van der Waals surface area contributed by atoms with Crippen molar-refractivity contribution < 1.29 is 83.7 Å². The molecule has 178 valence electrons. The molecular formula is C25H25N3Na2O6. The summed E-state index contributed by atoms with van der Waals surface area (Å²) in [5, 5.41) is 28.5. The largest absolute Gasteiger partial charge is 1.00 e. The molecule has 9 nitrogen and oxygen atoms in total. The molecule has 2 amide bonds. The standard InChI is InChI=1S/C25H27N3O6.2Na/c1-14-8-17(16-6-5-7-19(12-16)34-4)11-18(9-14)20(13-22(30)31)26-25(33)27-23-21(29)10-15(2)28(3)24(23)32;;/h5-12,20,29H,13H2,1-4H3,(H,30,31)(H2,26,27,33);;/q;2*+1/p-2/t20-;;/m0../s1. The van der Waals surface area contributed by atoms with Crippen molar-refractivity contribution in [3.8, 4) is 22.6 Å². The van der Waals surface area contributed by atoms with Gasteiger partial charge in [0, 0.05) is 25.1 Å². The number of carbonyl (C=O) groups is 2. The Morgan fingerprint density at radius 2 is 1.75 bits per heavy atom. The Morgan fingerprint density at radius 1 is 1.06 bits per heavy atom. The number of aromatic nitrogens is 1. The minimum atomic E-state index is -1.37. The second-order valence-electron chi connectivity index (χ2n) is 7.98. The van der Waals surface area contributed by atoms with E-state index in [2.05, 4.69) is 10.6 Å². The Labute approximate surface area is 253 Å². The average molecular weight is 509 g/mol. The number of methoxy groups -OCH3 is 1. The van der Waals surface area contributed by atoms with Crippen LogP contribution in [-0.2, 0) is 11.8 Å². The molecule has 2 N–H and O–H groups in total. The molecule has 1 heterocycles. The van der Waals surface area contributed by atoms with E-state index in [1.165, 1.54) is 17.7 Å². The molecule has 0 saturated carbocycles. The third-order valence-electron chi connectivity index (χ3n) is 5.45. The van der Waals surface area contributed by atoms with Gasteiger partial charge in [0.05, 0.1) is 13.2 Å². The van der Waals surface area contributed by atoms with Crippen LogP contribution in [0.4, 0.5) is 10.5 Å². The molecule has 0 fully saturated rings. The number of urea groups is 1. The summed E-state index contributed by atoms with van der Waals surface area (Å²) in [7, 11) is 3.04. The number of amides is 2. The topological polar surface area (TPSA) is 136 Å². The van der Waals surface area contributed by atoms with Gasteiger partial charge in [-0.05, 0) is 54.8 Å². The first-order valence-electron chi connectivity index (χ1n) is 10.5. The van der Waals surface area contributed by atoms with Crippen LogP contribution in [0.5, 0.6) is 11.5 Å². The summed E-state index contributed by atoms with van der Waals surface area (Å²) in [5.41, 5.74) is 2.38. The number of benzene rings is 2. The summed E-state index contributed by atoms with van der Waals surface area (Å²) < 4.78 is 6.51. The summed E-state index contributed by atoms with van der Waals surface area (Å²) in [6, 6.07) is 12.2. The van der Waals surface area contributed by atoms with Crippen LogP contribution in [0.1, 0.15) is 29.3 Å². The quantitative estimate of drug-likeness (QED) is 0.310. The molecular weight excluding hydrogens is 484 g/mol. The van der Waals surface area contributed by atoms with Gasteiger partial charge in [-0.15, -0.1) is 0 Å². The Kier molecular flexibility index (Phi) is 12.2. The molecule has 0 unspecified atom stereocenters. The predicted octanol–water partition coefficient (Wildman–Crippen LogP) is -4.24. The van der Waals surface area contributed by atoms with E-state index in [0.29, 0.717) is 17.0 Å². The van der Waals surface area contributed by atoms with Crippen LogP contribution in [0, 0.1) is 13.8 Å². The van der Waals surface area contributed by atoms with Crippen molar-refractivity contribution in [2.75, 3.05) is 12.4 Å². The van der Waals surface area contributed by atoms with Gasteiger partial charge in [-0.1, -0.05) is 35.6 Å². The molecule has 0 aliphatic carbocycles. The molecule has 0 bridgehead atoms. The SMILES string of the molecule is COc1cccc(-c2cc(C)cc([C@H](CC(=O)[O-])NC(=O)Nc3c([O-])cc(C)n(C)c3=O)c2)c1.[Na+].[Na+]. The van der Waals surface area contributed by atoms with Crippen molar-refractivity contribution in [1.82, 2.24) is 9.88 Å². The van der Waals surface area contributed by atoms with Crippen LogP contribution in [0.15, 0.2) is 53.3 Å². The first-order valence-corrected chi connectivity index (χ1v) is 10.5. The van der Waals surface area contributed by atoms with E-state index >= 15 is 0 Å². The fraction of sp³-hybridized carbons (Fsp3) is 0.240. The van der Waals surface area contributed by atoms with Crippen LogP contribution < -0.4 is 90.3 Å². The van der Waals surface area contributed by atoms with Gasteiger partial charge in [-0.3, -0.25) is 4.79 Å². The number of hydrogen-bond acceptors (Lipinski definition) is 6. The summed E-state index contributed by atoms with van der Waals surface area (Å²) in [5.74, 6) is -1.34. The van der Waals surface area contributed by atoms with Gasteiger partial charge >= 0.3 is 65.1 Å². The maximum Gasteiger partial charge on any atom is 1.00 e. The van der Waals surface area contributed by atoms with Crippen molar-refractivity contribution in [2.45, 2.75) is 26.3 Å². The number of nitrogens with one attached hydrogen (secondary N) is 2. The number of aliphatic carboxylic acids is 1. The van der Waals surface area contributed by atoms with E-state index in [-0.39, 0.29) is 59.1 Å². The van der Waals surface area contributed by atoms with Crippen molar-refractivity contribution >= 4 is 17.7 Å². The van der Waals surface area contributed by atoms with Crippen LogP contribution in [-0.4, -0.2) is 23.7 Å². The van der Waals surface area contributed by atoms with Gasteiger partial charge in [0.1, 0.15) is 11.4 Å². The Bertz CT molecular complexity index is 1310. The average Bonchev–Trinajstić information content (AvgIpc) is 2.79. The molecule has 0 saturated heterocycles. The first-order chi connectivity index (χ1) is 16.1. The van der Waals surface area contributed by atoms with E-state index in [9.17, 15) is 24.6 Å². The number of rotatable bonds is 7. The minimum Gasteiger partial charge on any atom is -0.871 e. The number of carbonyl (C=O) groups excluding carboxylic acids is 2. The first kappa shape index (κ1) is 31.8. The molecule has 0 spiro atoms. The molecule has 2 aromatic carbocycles. The summed E-state index contributed by atoms with van der Waals surface area (Å²) in [6.07, 6.45) is -0.509. The molecule has 3 aromatic rings. The normalized spacial score (nSPS) is 10.9. The summed E-state index contributed by atoms with van der Waals surface area (Å²) in [6.45, 7) is 3.45. The Hall–Kier alpha value is -2.27. The molecule has 36 heavy (non-hydrogen) atoms. The number of pyridine rings is 1. The Balaban J connectivity index is 0.00000324. The van der Waals surface area contributed by atoms with E-state index in [1.807, 2.05) is 37.3 Å². The monoisotopic (exact) mass is 509 g/mol. The van der Waals surface area contributed by atoms with E-state index in [0.717, 1.165) is 16.7 Å². The fourth-order valence-corrected chi connectivity index (χ4v) is 3.62. The second kappa shape index (κ2) is 13.9. The van der Waals surface area contributed by atoms with Crippen molar-refractivity contribution in [1.29, 1.82) is 0 Å². The third kappa shape index (κ3) is 7.86. The number of ether oxygens (including phenoxy) is 1. The predicted molar refractivity (Wildman–Crippen MR) is 124 cm³/mol. The van der Waals surface area contributed by atoms with E-state index < -0.39 is 41.5 Å². The fourth-order valence-electron chi connectivity index (χ4n) is 3.62. The number of hydrogen-bond donors (Lipinski definition) is 2. The molecule has 11 heteroatoms. The van der Waals surface area contributed by atoms with E-state index in [4.69, 9.17) is 4.74 Å². The summed E-state index contributed by atoms with van der Waals surface area (Å²) in [4.78, 5) is 36.5. The zero-order chi connectivity index (χ0) is 25.0. The molecule has 1 atom stereocenters. The van der Waals surface area contributed by atoms with Gasteiger partial charge in [0.15, 0.2) is 0 Å². The van der Waals surface area contributed by atoms with Gasteiger partial charge < -0.3 is 34.9 Å². The van der Waals surface area contributed by atoms with Crippen molar-refractivity contribution in [3.05, 3.63) is 75.7 Å². The molecule has 1 aromatic heterocycles. The Morgan fingerprint density at radius 3 is 2.39 bits per heavy atom. The van der Waals surface area contributed by atoms with Crippen molar-refractivity contribution in [3.63, 3.8) is 0 Å². The zero-order valence-corrected chi connectivity index (χ0v) is 25.3. The van der Waals surface area contributed by atoms with Crippen molar-refractivity contribution in [2.24, 2.45) is 7.05 Å². The molecule has 0 aliphatic heterocycles. The second-order valence-corrected chi connectivity index (χ2v) is 7.98. The maximum atomic E-state index is 12.7. The zero-order valence-electron chi connectivity index (χ0n) is 21.3. The maximum absolute atomic E-state index is 12.7. The number of carboxylic acid groups (broad SMARTS) is 1. The summed E-state index contributed by atoms with van der Waals surface area (Å²) >= 11 is 0. The molecule has 0 aliphatic rings. The number of anilines is 1. The van der Waals surface area contributed by atoms with Crippen LogP contribution in [0.2, 0.25) is 0 Å². The molecule has 3 rings (SSSR count). The van der Waals surface area contributed by atoms with Crippen LogP contribution in [0.25, 0.3) is 11.1 Å². The third-order valence-corrected chi connectivity index (χ3v) is 5.45.